The van der Waals surface area contributed by atoms with Crippen molar-refractivity contribution in [2.45, 2.75) is 308 Å². The van der Waals surface area contributed by atoms with Crippen LogP contribution in [0.1, 0.15) is 303 Å². The molecule has 0 aromatic carbocycles. The summed E-state index contributed by atoms with van der Waals surface area (Å²) in [5, 5.41) is -2.05. The average molecular weight is 893 g/mol. The van der Waals surface area contributed by atoms with Crippen molar-refractivity contribution in [3.63, 3.8) is 0 Å². The van der Waals surface area contributed by atoms with Crippen LogP contribution in [0.5, 0.6) is 0 Å². The summed E-state index contributed by atoms with van der Waals surface area (Å²) in [4.78, 5) is 24.7. The van der Waals surface area contributed by atoms with Gasteiger partial charge in [-0.25, -0.2) is 8.42 Å². The van der Waals surface area contributed by atoms with Gasteiger partial charge in [0.25, 0.3) is 0 Å². The molecule has 0 aromatic rings. The maximum Gasteiger partial charge on any atom is 1.00 e. The molecular weight excluding hydrogens is 792 g/mol. The van der Waals surface area contributed by atoms with E-state index in [2.05, 4.69) is 13.8 Å². The fraction of sp³-hybridized carbons (Fsp3) is 0.962. The average Bonchev–Trinajstić information content (AvgIpc) is 3.22. The van der Waals surface area contributed by atoms with Gasteiger partial charge in [-0.2, -0.15) is 0 Å². The Kier molecular flexibility index (Phi) is 52.5. The van der Waals surface area contributed by atoms with E-state index in [0.29, 0.717) is 12.8 Å². The number of carbonyl (C=O) groups is 2. The largest absolute Gasteiger partial charge is 1.00 e. The van der Waals surface area contributed by atoms with Crippen LogP contribution < -0.4 is 29.6 Å². The number of unbranched alkanes of at least 4 members (excludes halogenated alkanes) is 42. The van der Waals surface area contributed by atoms with Gasteiger partial charge in [-0.15, -0.1) is 0 Å². The van der Waals surface area contributed by atoms with Crippen molar-refractivity contribution in [3.8, 4) is 0 Å². The quantitative estimate of drug-likeness (QED) is 0.0259. The number of hydrogen-bond donors (Lipinski definition) is 0. The molecule has 0 N–H and O–H groups in total. The van der Waals surface area contributed by atoms with Gasteiger partial charge >= 0.3 is 41.5 Å². The second kappa shape index (κ2) is 50.8. The second-order valence-corrected chi connectivity index (χ2v) is 20.0. The molecular formula is C52H101NaO7S. The summed E-state index contributed by atoms with van der Waals surface area (Å²) in [5.41, 5.74) is 0. The molecule has 0 spiro atoms. The fourth-order valence-electron chi connectivity index (χ4n) is 8.39. The van der Waals surface area contributed by atoms with E-state index in [1.807, 2.05) is 0 Å². The summed E-state index contributed by atoms with van der Waals surface area (Å²) in [7, 11) is -5.03. The smallest absolute Gasteiger partial charge is 0.747 e. The van der Waals surface area contributed by atoms with Crippen LogP contribution in [-0.2, 0) is 29.2 Å². The first-order valence-electron chi connectivity index (χ1n) is 26.6. The monoisotopic (exact) mass is 893 g/mol. The molecule has 61 heavy (non-hydrogen) atoms. The van der Waals surface area contributed by atoms with Gasteiger partial charge in [0.15, 0.2) is 5.25 Å². The van der Waals surface area contributed by atoms with Crippen LogP contribution in [0.3, 0.4) is 0 Å². The predicted octanol–water partition coefficient (Wildman–Crippen LogP) is 13.6. The van der Waals surface area contributed by atoms with Crippen LogP contribution in [0.2, 0.25) is 0 Å². The third kappa shape index (κ3) is 49.1. The number of rotatable bonds is 50. The predicted molar refractivity (Wildman–Crippen MR) is 255 cm³/mol. The molecule has 0 aromatic heterocycles. The van der Waals surface area contributed by atoms with Gasteiger partial charge in [-0.05, 0) is 12.8 Å². The van der Waals surface area contributed by atoms with Gasteiger partial charge in [0.1, 0.15) is 10.1 Å². The molecule has 0 heterocycles. The van der Waals surface area contributed by atoms with Crippen molar-refractivity contribution in [2.24, 2.45) is 0 Å². The molecule has 0 aliphatic rings. The molecule has 0 fully saturated rings. The van der Waals surface area contributed by atoms with E-state index in [0.717, 1.165) is 38.5 Å². The minimum atomic E-state index is -5.03. The third-order valence-electron chi connectivity index (χ3n) is 12.5. The Morgan fingerprint density at radius 3 is 0.770 bits per heavy atom. The van der Waals surface area contributed by atoms with Crippen LogP contribution in [0, 0.1) is 0 Å². The Morgan fingerprint density at radius 1 is 0.361 bits per heavy atom. The van der Waals surface area contributed by atoms with Crippen LogP contribution in [0.15, 0.2) is 0 Å². The van der Waals surface area contributed by atoms with Crippen LogP contribution in [-0.4, -0.2) is 43.4 Å². The summed E-state index contributed by atoms with van der Waals surface area (Å²) < 4.78 is 45.5. The van der Waals surface area contributed by atoms with Crippen molar-refractivity contribution in [1.29, 1.82) is 0 Å². The summed E-state index contributed by atoms with van der Waals surface area (Å²) in [6.07, 6.45) is 56.2. The zero-order chi connectivity index (χ0) is 43.9. The molecule has 0 aliphatic heterocycles. The third-order valence-corrected chi connectivity index (χ3v) is 13.5. The maximum absolute atomic E-state index is 12.4. The molecule has 0 saturated carbocycles. The normalized spacial score (nSPS) is 12.0. The molecule has 0 aliphatic carbocycles. The van der Waals surface area contributed by atoms with Gasteiger partial charge in [0, 0.05) is 0 Å². The molecule has 1 unspecified atom stereocenters. The molecule has 7 nitrogen and oxygen atoms in total. The summed E-state index contributed by atoms with van der Waals surface area (Å²) >= 11 is 0. The fourth-order valence-corrected chi connectivity index (χ4v) is 9.03. The number of hydrogen-bond acceptors (Lipinski definition) is 7. The zero-order valence-corrected chi connectivity index (χ0v) is 43.9. The molecule has 9 heteroatoms. The Balaban J connectivity index is 0. The van der Waals surface area contributed by atoms with E-state index in [1.54, 1.807) is 0 Å². The Bertz CT molecular complexity index is 1010. The van der Waals surface area contributed by atoms with Gasteiger partial charge in [0.2, 0.25) is 0 Å². The molecule has 0 radical (unpaired) electrons. The minimum absolute atomic E-state index is 0. The summed E-state index contributed by atoms with van der Waals surface area (Å²) in [6.45, 7) is 4.78. The van der Waals surface area contributed by atoms with E-state index >= 15 is 0 Å². The molecule has 0 rings (SSSR count). The van der Waals surface area contributed by atoms with Crippen LogP contribution >= 0.6 is 0 Å². The minimum Gasteiger partial charge on any atom is -0.747 e. The van der Waals surface area contributed by atoms with Gasteiger partial charge in [-0.1, -0.05) is 284 Å². The van der Waals surface area contributed by atoms with Crippen LogP contribution in [0.4, 0.5) is 0 Å². The molecule has 0 saturated heterocycles. The van der Waals surface area contributed by atoms with Gasteiger partial charge in [-0.3, -0.25) is 9.59 Å². The Morgan fingerprint density at radius 2 is 0.557 bits per heavy atom. The Hall–Kier alpha value is -0.150. The molecule has 1 atom stereocenters. The number of carbonyl (C=O) groups excluding carboxylic acids is 2. The van der Waals surface area contributed by atoms with Crippen LogP contribution in [0.25, 0.3) is 0 Å². The van der Waals surface area contributed by atoms with Crippen molar-refractivity contribution < 1.29 is 61.6 Å². The number of esters is 2. The standard InChI is InChI=1S/C52H102O7S.Na/c1-3-5-7-9-11-13-15-17-19-21-23-25-27-29-31-33-35-37-39-41-43-45-47-58-51(53)49-50(60(55,56)57)52(54)59-48-46-44-42-40-38-36-34-32-30-28-26-24-22-20-18-16-14-12-10-8-6-4-2;/h50H,3-49H2,1-2H3,(H,55,56,57);/q;+1/p-1. The molecule has 0 amide bonds. The van der Waals surface area contributed by atoms with Crippen molar-refractivity contribution in [2.75, 3.05) is 13.2 Å². The second-order valence-electron chi connectivity index (χ2n) is 18.4. The molecule has 358 valence electrons. The maximum atomic E-state index is 12.4. The van der Waals surface area contributed by atoms with E-state index in [1.165, 1.54) is 231 Å². The van der Waals surface area contributed by atoms with Gasteiger partial charge < -0.3 is 14.0 Å². The first-order valence-corrected chi connectivity index (χ1v) is 28.1. The summed E-state index contributed by atoms with van der Waals surface area (Å²) in [5.74, 6) is -1.99. The van der Waals surface area contributed by atoms with Gasteiger partial charge in [0.05, 0.1) is 19.6 Å². The van der Waals surface area contributed by atoms with Crippen molar-refractivity contribution in [1.82, 2.24) is 0 Å². The number of ether oxygens (including phenoxy) is 2. The summed E-state index contributed by atoms with van der Waals surface area (Å²) in [6, 6.07) is 0. The van der Waals surface area contributed by atoms with Crippen molar-refractivity contribution in [3.05, 3.63) is 0 Å². The van der Waals surface area contributed by atoms with E-state index < -0.39 is 33.7 Å². The first kappa shape index (κ1) is 62.9. The SMILES string of the molecule is CCCCCCCCCCCCCCCCCCCCCCCCOC(=O)CC(C(=O)OCCCCCCCCCCCCCCCCCCCCCCCC)S(=O)(=O)[O-].[Na+]. The van der Waals surface area contributed by atoms with E-state index in [-0.39, 0.29) is 42.8 Å². The first-order chi connectivity index (χ1) is 29.3. The Labute approximate surface area is 402 Å². The van der Waals surface area contributed by atoms with Crippen molar-refractivity contribution >= 4 is 22.1 Å². The van der Waals surface area contributed by atoms with E-state index in [9.17, 15) is 22.6 Å². The molecule has 0 bridgehead atoms. The zero-order valence-electron chi connectivity index (χ0n) is 41.1. The topological polar surface area (TPSA) is 110 Å². The van der Waals surface area contributed by atoms with E-state index in [4.69, 9.17) is 9.47 Å².